The van der Waals surface area contributed by atoms with Gasteiger partial charge in [0.15, 0.2) is 0 Å². The topological polar surface area (TPSA) is 54.0 Å². The van der Waals surface area contributed by atoms with E-state index in [2.05, 4.69) is 6.07 Å². The van der Waals surface area contributed by atoms with Crippen molar-refractivity contribution >= 4 is 16.8 Å². The monoisotopic (exact) mass is 211 g/mol. The molecule has 1 aliphatic rings. The number of rotatable bonds is 1. The lowest BCUT2D eigenvalue weighted by molar-refractivity contribution is -0.126. The third-order valence-corrected chi connectivity index (χ3v) is 3.22. The van der Waals surface area contributed by atoms with E-state index in [1.165, 1.54) is 0 Å². The predicted octanol–water partition coefficient (Wildman–Crippen LogP) is 2.56. The van der Waals surface area contributed by atoms with E-state index in [4.69, 9.17) is 4.42 Å². The van der Waals surface area contributed by atoms with Crippen molar-refractivity contribution in [2.45, 2.75) is 18.3 Å². The van der Waals surface area contributed by atoms with Crippen molar-refractivity contribution in [3.8, 4) is 6.07 Å². The number of benzene rings is 1. The molecule has 1 aliphatic carbocycles. The van der Waals surface area contributed by atoms with Crippen molar-refractivity contribution in [2.75, 3.05) is 0 Å². The van der Waals surface area contributed by atoms with Crippen LogP contribution < -0.4 is 0 Å². The van der Waals surface area contributed by atoms with Crippen LogP contribution in [0.15, 0.2) is 34.9 Å². The Hall–Kier alpha value is -2.08. The van der Waals surface area contributed by atoms with Gasteiger partial charge in [0.25, 0.3) is 0 Å². The first kappa shape index (κ1) is 9.17. The smallest absolute Gasteiger partial charge is 0.136 e. The number of carbonyl (C=O) groups excluding carboxylic acids is 1. The van der Waals surface area contributed by atoms with Gasteiger partial charge in [0.1, 0.15) is 11.4 Å². The maximum Gasteiger partial charge on any atom is 0.136 e. The molecule has 1 aromatic heterocycles. The molecule has 16 heavy (non-hydrogen) atoms. The molecule has 0 amide bonds. The molecule has 0 bridgehead atoms. The average Bonchev–Trinajstić information content (AvgIpc) is 2.72. The highest BCUT2D eigenvalue weighted by molar-refractivity contribution is 5.93. The van der Waals surface area contributed by atoms with Gasteiger partial charge in [-0.1, -0.05) is 12.1 Å². The van der Waals surface area contributed by atoms with Crippen LogP contribution >= 0.6 is 0 Å². The zero-order valence-corrected chi connectivity index (χ0v) is 8.56. The van der Waals surface area contributed by atoms with Crippen LogP contribution in [-0.2, 0) is 10.2 Å². The van der Waals surface area contributed by atoms with Crippen LogP contribution in [0, 0.1) is 11.3 Å². The van der Waals surface area contributed by atoms with Crippen molar-refractivity contribution in [1.29, 1.82) is 5.26 Å². The highest BCUT2D eigenvalue weighted by atomic mass is 16.3. The largest absolute Gasteiger partial charge is 0.464 e. The number of carbonyl (C=O) groups is 1. The first-order valence-electron chi connectivity index (χ1n) is 5.15. The number of fused-ring (bicyclic) bond motifs is 1. The maximum absolute atomic E-state index is 11.1. The van der Waals surface area contributed by atoms with Crippen LogP contribution in [0.5, 0.6) is 0 Å². The molecule has 1 heterocycles. The van der Waals surface area contributed by atoms with Crippen LogP contribution in [0.25, 0.3) is 11.0 Å². The van der Waals surface area contributed by atoms with Crippen LogP contribution in [0.4, 0.5) is 0 Å². The molecule has 0 spiro atoms. The molecule has 1 aromatic carbocycles. The molecule has 0 aliphatic heterocycles. The van der Waals surface area contributed by atoms with Gasteiger partial charge in [0, 0.05) is 18.2 Å². The molecule has 0 atom stereocenters. The molecule has 0 saturated heterocycles. The first-order valence-corrected chi connectivity index (χ1v) is 5.15. The third kappa shape index (κ3) is 1.04. The lowest BCUT2D eigenvalue weighted by atomic mass is 9.64. The van der Waals surface area contributed by atoms with Gasteiger partial charge >= 0.3 is 0 Å². The van der Waals surface area contributed by atoms with Gasteiger partial charge in [-0.3, -0.25) is 4.79 Å². The standard InChI is InChI=1S/C13H9NO2/c14-8-13(6-9(15)7-13)11-2-1-3-12-10(11)4-5-16-12/h1-5H,6-7H2. The highest BCUT2D eigenvalue weighted by Crippen LogP contribution is 2.43. The summed E-state index contributed by atoms with van der Waals surface area (Å²) in [6.07, 6.45) is 2.27. The summed E-state index contributed by atoms with van der Waals surface area (Å²) in [6.45, 7) is 0. The van der Waals surface area contributed by atoms with Crippen LogP contribution in [-0.4, -0.2) is 5.78 Å². The molecule has 0 N–H and O–H groups in total. The van der Waals surface area contributed by atoms with Gasteiger partial charge in [0.05, 0.1) is 17.7 Å². The van der Waals surface area contributed by atoms with Gasteiger partial charge in [-0.15, -0.1) is 0 Å². The molecular formula is C13H9NO2. The molecule has 78 valence electrons. The predicted molar refractivity (Wildman–Crippen MR) is 57.7 cm³/mol. The Morgan fingerprint density at radius 1 is 1.31 bits per heavy atom. The Morgan fingerprint density at radius 2 is 2.12 bits per heavy atom. The van der Waals surface area contributed by atoms with Gasteiger partial charge in [0.2, 0.25) is 0 Å². The molecule has 3 nitrogen and oxygen atoms in total. The summed E-state index contributed by atoms with van der Waals surface area (Å²) in [5, 5.41) is 10.2. The van der Waals surface area contributed by atoms with Crippen LogP contribution in [0.2, 0.25) is 0 Å². The Bertz CT molecular complexity index is 610. The summed E-state index contributed by atoms with van der Waals surface area (Å²) in [6, 6.07) is 9.77. The molecule has 0 radical (unpaired) electrons. The number of hydrogen-bond acceptors (Lipinski definition) is 3. The minimum Gasteiger partial charge on any atom is -0.464 e. The lowest BCUT2D eigenvalue weighted by Crippen LogP contribution is -2.40. The minimum absolute atomic E-state index is 0.155. The second kappa shape index (κ2) is 2.96. The molecule has 3 rings (SSSR count). The summed E-state index contributed by atoms with van der Waals surface area (Å²) >= 11 is 0. The third-order valence-electron chi connectivity index (χ3n) is 3.22. The van der Waals surface area contributed by atoms with E-state index in [-0.39, 0.29) is 5.78 Å². The normalized spacial score (nSPS) is 18.1. The van der Waals surface area contributed by atoms with E-state index >= 15 is 0 Å². The van der Waals surface area contributed by atoms with Crippen molar-refractivity contribution in [3.63, 3.8) is 0 Å². The minimum atomic E-state index is -0.625. The van der Waals surface area contributed by atoms with Gasteiger partial charge in [-0.05, 0) is 17.7 Å². The van der Waals surface area contributed by atoms with E-state index < -0.39 is 5.41 Å². The zero-order valence-electron chi connectivity index (χ0n) is 8.56. The molecule has 1 saturated carbocycles. The molecular weight excluding hydrogens is 202 g/mol. The fraction of sp³-hybridized carbons (Fsp3) is 0.231. The second-order valence-corrected chi connectivity index (χ2v) is 4.22. The molecule has 3 heteroatoms. The number of Topliss-reactive ketones (excluding diaryl/α,β-unsaturated/α-hetero) is 1. The molecule has 1 fully saturated rings. The Labute approximate surface area is 92.3 Å². The summed E-state index contributed by atoms with van der Waals surface area (Å²) in [5.41, 5.74) is 1.06. The number of furan rings is 1. The Balaban J connectivity index is 2.23. The summed E-state index contributed by atoms with van der Waals surface area (Å²) in [7, 11) is 0. The van der Waals surface area contributed by atoms with E-state index in [1.54, 1.807) is 6.26 Å². The van der Waals surface area contributed by atoms with E-state index in [1.807, 2.05) is 24.3 Å². The Kier molecular flexibility index (Phi) is 1.69. The zero-order chi connectivity index (χ0) is 11.2. The van der Waals surface area contributed by atoms with Crippen molar-refractivity contribution in [2.24, 2.45) is 0 Å². The summed E-state index contributed by atoms with van der Waals surface area (Å²) in [5.74, 6) is 0.155. The number of nitrogens with zero attached hydrogens (tertiary/aromatic N) is 1. The van der Waals surface area contributed by atoms with Crippen molar-refractivity contribution in [3.05, 3.63) is 36.1 Å². The quantitative estimate of drug-likeness (QED) is 0.728. The second-order valence-electron chi connectivity index (χ2n) is 4.22. The summed E-state index contributed by atoms with van der Waals surface area (Å²) in [4.78, 5) is 11.1. The highest BCUT2D eigenvalue weighted by Gasteiger charge is 2.46. The molecule has 0 unspecified atom stereocenters. The Morgan fingerprint density at radius 3 is 2.81 bits per heavy atom. The van der Waals surface area contributed by atoms with Crippen molar-refractivity contribution in [1.82, 2.24) is 0 Å². The first-order chi connectivity index (χ1) is 7.75. The van der Waals surface area contributed by atoms with Crippen LogP contribution in [0.3, 0.4) is 0 Å². The van der Waals surface area contributed by atoms with Gasteiger partial charge in [-0.2, -0.15) is 5.26 Å². The number of hydrogen-bond donors (Lipinski definition) is 0. The van der Waals surface area contributed by atoms with E-state index in [0.29, 0.717) is 12.8 Å². The summed E-state index contributed by atoms with van der Waals surface area (Å²) < 4.78 is 5.30. The van der Waals surface area contributed by atoms with Gasteiger partial charge in [-0.25, -0.2) is 0 Å². The fourth-order valence-corrected chi connectivity index (χ4v) is 2.36. The van der Waals surface area contributed by atoms with Crippen LogP contribution in [0.1, 0.15) is 18.4 Å². The number of ketones is 1. The fourth-order valence-electron chi connectivity index (χ4n) is 2.36. The van der Waals surface area contributed by atoms with E-state index in [0.717, 1.165) is 16.5 Å². The SMILES string of the molecule is N#CC1(c2cccc3occc23)CC(=O)C1. The maximum atomic E-state index is 11.1. The van der Waals surface area contributed by atoms with E-state index in [9.17, 15) is 10.1 Å². The van der Waals surface area contributed by atoms with Crippen molar-refractivity contribution < 1.29 is 9.21 Å². The van der Waals surface area contributed by atoms with Gasteiger partial charge < -0.3 is 4.42 Å². The molecule has 2 aromatic rings. The average molecular weight is 211 g/mol. The lowest BCUT2D eigenvalue weighted by Gasteiger charge is -2.34. The number of nitriles is 1.